The molecule has 1 aliphatic rings. The molecule has 0 unspecified atom stereocenters. The van der Waals surface area contributed by atoms with Crippen LogP contribution in [-0.2, 0) is 4.74 Å². The molecule has 17 heavy (non-hydrogen) atoms. The van der Waals surface area contributed by atoms with Crippen molar-refractivity contribution in [3.8, 4) is 5.75 Å². The van der Waals surface area contributed by atoms with E-state index in [1.54, 1.807) is 0 Å². The van der Waals surface area contributed by atoms with Crippen LogP contribution >= 0.6 is 0 Å². The molecule has 1 atom stereocenters. The van der Waals surface area contributed by atoms with Crippen LogP contribution in [0.4, 0.5) is 0 Å². The van der Waals surface area contributed by atoms with E-state index in [-0.39, 0.29) is 0 Å². The van der Waals surface area contributed by atoms with Crippen molar-refractivity contribution in [2.75, 3.05) is 13.2 Å². The number of rotatable bonds is 5. The van der Waals surface area contributed by atoms with E-state index in [1.807, 2.05) is 0 Å². The third kappa shape index (κ3) is 3.01. The Bertz CT molecular complexity index is 352. The lowest BCUT2D eigenvalue weighted by molar-refractivity contribution is 0.258. The Morgan fingerprint density at radius 2 is 1.71 bits per heavy atom. The first-order chi connectivity index (χ1) is 8.09. The van der Waals surface area contributed by atoms with Gasteiger partial charge in [0.2, 0.25) is 0 Å². The zero-order valence-electron chi connectivity index (χ0n) is 11.2. The molecule has 2 nitrogen and oxygen atoms in total. The molecule has 1 aromatic rings. The van der Waals surface area contributed by atoms with Gasteiger partial charge in [0.25, 0.3) is 0 Å². The number of hydrogen-bond donors (Lipinski definition) is 0. The quantitative estimate of drug-likeness (QED) is 0.724. The van der Waals surface area contributed by atoms with Gasteiger partial charge in [0, 0.05) is 0 Å². The predicted molar refractivity (Wildman–Crippen MR) is 69.9 cm³/mol. The molecule has 1 aromatic carbocycles. The third-order valence-electron chi connectivity index (χ3n) is 3.14. The standard InChI is InChI=1S/C15H22O2/c1-10(2)13-6-5-7-14(11(3)4)15(13)17-9-12-8-16-12/h5-7,10-12H,8-9H2,1-4H3/t12-/m0/s1. The van der Waals surface area contributed by atoms with Crippen molar-refractivity contribution in [3.05, 3.63) is 29.3 Å². The first-order valence-corrected chi connectivity index (χ1v) is 6.46. The molecule has 0 amide bonds. The Morgan fingerprint density at radius 1 is 1.18 bits per heavy atom. The fourth-order valence-corrected chi connectivity index (χ4v) is 1.99. The van der Waals surface area contributed by atoms with Gasteiger partial charge in [0.1, 0.15) is 18.5 Å². The molecule has 0 saturated carbocycles. The second-order valence-corrected chi connectivity index (χ2v) is 5.34. The summed E-state index contributed by atoms with van der Waals surface area (Å²) in [6.45, 7) is 10.4. The first kappa shape index (κ1) is 12.4. The molecule has 94 valence electrons. The summed E-state index contributed by atoms with van der Waals surface area (Å²) in [6, 6.07) is 6.46. The smallest absolute Gasteiger partial charge is 0.126 e. The summed E-state index contributed by atoms with van der Waals surface area (Å²) in [5.41, 5.74) is 2.61. The van der Waals surface area contributed by atoms with Crippen LogP contribution in [0.25, 0.3) is 0 Å². The normalized spacial score (nSPS) is 18.8. The van der Waals surface area contributed by atoms with Gasteiger partial charge in [-0.1, -0.05) is 45.9 Å². The minimum atomic E-state index is 0.315. The largest absolute Gasteiger partial charge is 0.490 e. The maximum atomic E-state index is 5.99. The van der Waals surface area contributed by atoms with Gasteiger partial charge in [0.15, 0.2) is 0 Å². The van der Waals surface area contributed by atoms with E-state index >= 15 is 0 Å². The molecule has 2 rings (SSSR count). The van der Waals surface area contributed by atoms with E-state index < -0.39 is 0 Å². The van der Waals surface area contributed by atoms with Crippen LogP contribution in [0.5, 0.6) is 5.75 Å². The molecule has 0 spiro atoms. The Kier molecular flexibility index (Phi) is 3.72. The lowest BCUT2D eigenvalue weighted by Crippen LogP contribution is -2.09. The van der Waals surface area contributed by atoms with Crippen LogP contribution in [0.1, 0.15) is 50.7 Å². The van der Waals surface area contributed by atoms with Gasteiger partial charge in [-0.2, -0.15) is 0 Å². The third-order valence-corrected chi connectivity index (χ3v) is 3.14. The van der Waals surface area contributed by atoms with Crippen molar-refractivity contribution >= 4 is 0 Å². The highest BCUT2D eigenvalue weighted by Crippen LogP contribution is 2.34. The fourth-order valence-electron chi connectivity index (χ4n) is 1.99. The number of para-hydroxylation sites is 1. The zero-order chi connectivity index (χ0) is 12.4. The van der Waals surface area contributed by atoms with Crippen molar-refractivity contribution in [3.63, 3.8) is 0 Å². The summed E-state index contributed by atoms with van der Waals surface area (Å²) in [6.07, 6.45) is 0.315. The minimum Gasteiger partial charge on any atom is -0.490 e. The van der Waals surface area contributed by atoms with Crippen molar-refractivity contribution < 1.29 is 9.47 Å². The molecular weight excluding hydrogens is 212 g/mol. The summed E-state index contributed by atoms with van der Waals surface area (Å²) in [4.78, 5) is 0. The summed E-state index contributed by atoms with van der Waals surface area (Å²) in [7, 11) is 0. The average Bonchev–Trinajstić information content (AvgIpc) is 3.09. The van der Waals surface area contributed by atoms with Crippen LogP contribution in [0, 0.1) is 0 Å². The molecular formula is C15H22O2. The van der Waals surface area contributed by atoms with Crippen molar-refractivity contribution in [2.45, 2.75) is 45.6 Å². The van der Waals surface area contributed by atoms with Gasteiger partial charge in [-0.3, -0.25) is 0 Å². The summed E-state index contributed by atoms with van der Waals surface area (Å²) < 4.78 is 11.2. The molecule has 0 N–H and O–H groups in total. The van der Waals surface area contributed by atoms with Crippen LogP contribution in [0.2, 0.25) is 0 Å². The summed E-state index contributed by atoms with van der Waals surface area (Å²) >= 11 is 0. The van der Waals surface area contributed by atoms with Crippen molar-refractivity contribution in [1.29, 1.82) is 0 Å². The minimum absolute atomic E-state index is 0.315. The second-order valence-electron chi connectivity index (χ2n) is 5.34. The number of ether oxygens (including phenoxy) is 2. The SMILES string of the molecule is CC(C)c1cccc(C(C)C)c1OC[C@@H]1CO1. The molecule has 1 aliphatic heterocycles. The number of epoxide rings is 1. The second kappa shape index (κ2) is 5.09. The van der Waals surface area contributed by atoms with Crippen LogP contribution < -0.4 is 4.74 Å². The fraction of sp³-hybridized carbons (Fsp3) is 0.600. The number of benzene rings is 1. The first-order valence-electron chi connectivity index (χ1n) is 6.46. The molecule has 1 fully saturated rings. The number of hydrogen-bond acceptors (Lipinski definition) is 2. The molecule has 0 bridgehead atoms. The monoisotopic (exact) mass is 234 g/mol. The van der Waals surface area contributed by atoms with Crippen LogP contribution in [-0.4, -0.2) is 19.3 Å². The highest BCUT2D eigenvalue weighted by Gasteiger charge is 2.24. The lowest BCUT2D eigenvalue weighted by atomic mass is 9.94. The Hall–Kier alpha value is -1.02. The average molecular weight is 234 g/mol. The molecule has 1 heterocycles. The van der Waals surface area contributed by atoms with Crippen molar-refractivity contribution in [1.82, 2.24) is 0 Å². The molecule has 0 radical (unpaired) electrons. The van der Waals surface area contributed by atoms with E-state index in [0.717, 1.165) is 12.4 Å². The highest BCUT2D eigenvalue weighted by molar-refractivity contribution is 5.44. The van der Waals surface area contributed by atoms with Gasteiger partial charge in [-0.15, -0.1) is 0 Å². The van der Waals surface area contributed by atoms with E-state index in [1.165, 1.54) is 11.1 Å². The Labute approximate surface area is 104 Å². The lowest BCUT2D eigenvalue weighted by Gasteiger charge is -2.19. The van der Waals surface area contributed by atoms with E-state index in [0.29, 0.717) is 24.5 Å². The highest BCUT2D eigenvalue weighted by atomic mass is 16.6. The maximum absolute atomic E-state index is 5.99. The van der Waals surface area contributed by atoms with Gasteiger partial charge >= 0.3 is 0 Å². The maximum Gasteiger partial charge on any atom is 0.126 e. The predicted octanol–water partition coefficient (Wildman–Crippen LogP) is 3.71. The summed E-state index contributed by atoms with van der Waals surface area (Å²) in [5, 5.41) is 0. The van der Waals surface area contributed by atoms with Gasteiger partial charge in [0.05, 0.1) is 6.61 Å². The van der Waals surface area contributed by atoms with Gasteiger partial charge in [-0.25, -0.2) is 0 Å². The van der Waals surface area contributed by atoms with Gasteiger partial charge < -0.3 is 9.47 Å². The molecule has 0 aromatic heterocycles. The molecule has 1 saturated heterocycles. The van der Waals surface area contributed by atoms with Gasteiger partial charge in [-0.05, 0) is 23.0 Å². The molecule has 0 aliphatic carbocycles. The van der Waals surface area contributed by atoms with E-state index in [9.17, 15) is 0 Å². The Morgan fingerprint density at radius 3 is 2.12 bits per heavy atom. The van der Waals surface area contributed by atoms with Crippen LogP contribution in [0.15, 0.2) is 18.2 Å². The van der Waals surface area contributed by atoms with E-state index in [2.05, 4.69) is 45.9 Å². The van der Waals surface area contributed by atoms with Crippen molar-refractivity contribution in [2.24, 2.45) is 0 Å². The van der Waals surface area contributed by atoms with E-state index in [4.69, 9.17) is 9.47 Å². The summed E-state index contributed by atoms with van der Waals surface area (Å²) in [5.74, 6) is 2.06. The zero-order valence-corrected chi connectivity index (χ0v) is 11.2. The molecule has 2 heteroatoms. The van der Waals surface area contributed by atoms with Crippen LogP contribution in [0.3, 0.4) is 0 Å². The Balaban J connectivity index is 2.27. The topological polar surface area (TPSA) is 21.8 Å².